The summed E-state index contributed by atoms with van der Waals surface area (Å²) in [6.07, 6.45) is 1.21. The second kappa shape index (κ2) is 6.60. The first-order valence-corrected chi connectivity index (χ1v) is 7.13. The fourth-order valence-corrected chi connectivity index (χ4v) is 2.24. The zero-order valence-electron chi connectivity index (χ0n) is 13.1. The van der Waals surface area contributed by atoms with E-state index in [9.17, 15) is 14.0 Å². The first-order chi connectivity index (χ1) is 10.8. The highest BCUT2D eigenvalue weighted by Gasteiger charge is 2.18. The van der Waals surface area contributed by atoms with E-state index in [4.69, 9.17) is 5.11 Å². The molecule has 1 amide bonds. The molecule has 2 N–H and O–H groups in total. The van der Waals surface area contributed by atoms with Crippen LogP contribution in [0.4, 0.5) is 10.1 Å². The molecule has 2 aromatic rings. The van der Waals surface area contributed by atoms with Gasteiger partial charge in [-0.25, -0.2) is 4.39 Å². The summed E-state index contributed by atoms with van der Waals surface area (Å²) in [5.74, 6) is -2.09. The Balaban J connectivity index is 2.21. The number of halogens is 1. The number of hydrogen-bond donors (Lipinski definition) is 2. The fraction of sp³-hybridized carbons (Fsp3) is 0.312. The Labute approximate surface area is 132 Å². The first kappa shape index (κ1) is 16.7. The van der Waals surface area contributed by atoms with Gasteiger partial charge in [-0.05, 0) is 23.6 Å². The number of nitrogens with one attached hydrogen (secondary N) is 1. The summed E-state index contributed by atoms with van der Waals surface area (Å²) in [6, 6.07) is 3.94. The summed E-state index contributed by atoms with van der Waals surface area (Å²) < 4.78 is 15.4. The van der Waals surface area contributed by atoms with E-state index in [1.54, 1.807) is 17.9 Å². The van der Waals surface area contributed by atoms with E-state index in [1.165, 1.54) is 12.1 Å². The third-order valence-electron chi connectivity index (χ3n) is 3.30. The molecular weight excluding hydrogens is 301 g/mol. The van der Waals surface area contributed by atoms with Crippen LogP contribution >= 0.6 is 0 Å². The third-order valence-corrected chi connectivity index (χ3v) is 3.30. The monoisotopic (exact) mass is 319 g/mol. The molecule has 0 fully saturated rings. The van der Waals surface area contributed by atoms with Gasteiger partial charge < -0.3 is 10.4 Å². The smallest absolute Gasteiger partial charge is 0.307 e. The molecule has 0 aliphatic rings. The molecule has 1 aromatic heterocycles. The van der Waals surface area contributed by atoms with Crippen molar-refractivity contribution in [1.29, 1.82) is 0 Å². The van der Waals surface area contributed by atoms with Crippen LogP contribution in [-0.4, -0.2) is 26.8 Å². The highest BCUT2D eigenvalue weighted by Crippen LogP contribution is 2.20. The van der Waals surface area contributed by atoms with Crippen molar-refractivity contribution in [2.45, 2.75) is 26.2 Å². The van der Waals surface area contributed by atoms with Crippen LogP contribution < -0.4 is 5.32 Å². The molecule has 0 unspecified atom stereocenters. The molecule has 23 heavy (non-hydrogen) atoms. The molecule has 0 saturated carbocycles. The minimum Gasteiger partial charge on any atom is -0.481 e. The van der Waals surface area contributed by atoms with Crippen LogP contribution in [0.3, 0.4) is 0 Å². The number of benzene rings is 1. The summed E-state index contributed by atoms with van der Waals surface area (Å²) in [5, 5.41) is 15.6. The number of aliphatic carboxylic acids is 1. The summed E-state index contributed by atoms with van der Waals surface area (Å²) in [5.41, 5.74) is 1.42. The Bertz CT molecular complexity index is 753. The topological polar surface area (TPSA) is 84.2 Å². The van der Waals surface area contributed by atoms with E-state index in [-0.39, 0.29) is 23.1 Å². The summed E-state index contributed by atoms with van der Waals surface area (Å²) in [4.78, 5) is 23.0. The number of carboxylic acids is 1. The van der Waals surface area contributed by atoms with Gasteiger partial charge in [0.25, 0.3) is 5.91 Å². The van der Waals surface area contributed by atoms with Gasteiger partial charge in [0.1, 0.15) is 5.82 Å². The lowest BCUT2D eigenvalue weighted by molar-refractivity contribution is -0.136. The molecule has 122 valence electrons. The molecule has 2 rings (SSSR count). The average Bonchev–Trinajstić information content (AvgIpc) is 2.84. The highest BCUT2D eigenvalue weighted by atomic mass is 19.1. The number of rotatable bonds is 5. The second-order valence-electron chi connectivity index (χ2n) is 5.59. The number of carboxylic acid groups (broad SMARTS) is 1. The third kappa shape index (κ3) is 3.94. The number of nitrogens with zero attached hydrogens (tertiary/aromatic N) is 2. The summed E-state index contributed by atoms with van der Waals surface area (Å²) in [7, 11) is 1.73. The zero-order valence-corrected chi connectivity index (χ0v) is 13.1. The maximum absolute atomic E-state index is 13.8. The molecule has 0 saturated heterocycles. The summed E-state index contributed by atoms with van der Waals surface area (Å²) in [6.45, 7) is 3.86. The Hall–Kier alpha value is -2.70. The van der Waals surface area contributed by atoms with Gasteiger partial charge in [0.2, 0.25) is 0 Å². The molecule has 0 spiro atoms. The second-order valence-corrected chi connectivity index (χ2v) is 5.59. The average molecular weight is 319 g/mol. The molecule has 1 heterocycles. The number of anilines is 1. The van der Waals surface area contributed by atoms with Crippen molar-refractivity contribution in [2.24, 2.45) is 7.05 Å². The van der Waals surface area contributed by atoms with Crippen molar-refractivity contribution in [2.75, 3.05) is 5.32 Å². The van der Waals surface area contributed by atoms with Crippen LogP contribution in [0.15, 0.2) is 24.4 Å². The van der Waals surface area contributed by atoms with Crippen molar-refractivity contribution >= 4 is 17.6 Å². The molecule has 1 aromatic carbocycles. The van der Waals surface area contributed by atoms with Gasteiger partial charge in [0.05, 0.1) is 17.7 Å². The van der Waals surface area contributed by atoms with E-state index in [0.29, 0.717) is 11.3 Å². The molecule has 0 aliphatic carbocycles. The fourth-order valence-electron chi connectivity index (χ4n) is 2.24. The molecule has 7 heteroatoms. The molecule has 0 atom stereocenters. The van der Waals surface area contributed by atoms with Gasteiger partial charge in [-0.3, -0.25) is 14.3 Å². The maximum atomic E-state index is 13.8. The minimum absolute atomic E-state index is 0.0692. The minimum atomic E-state index is -1.11. The van der Waals surface area contributed by atoms with Gasteiger partial charge >= 0.3 is 5.97 Å². The van der Waals surface area contributed by atoms with E-state index in [0.717, 1.165) is 6.07 Å². The Morgan fingerprint density at radius 2 is 2.09 bits per heavy atom. The van der Waals surface area contributed by atoms with E-state index >= 15 is 0 Å². The quantitative estimate of drug-likeness (QED) is 0.887. The summed E-state index contributed by atoms with van der Waals surface area (Å²) >= 11 is 0. The van der Waals surface area contributed by atoms with Crippen LogP contribution in [0.5, 0.6) is 0 Å². The van der Waals surface area contributed by atoms with Gasteiger partial charge in [-0.2, -0.15) is 5.10 Å². The van der Waals surface area contributed by atoms with Gasteiger partial charge in [0, 0.05) is 18.9 Å². The lowest BCUT2D eigenvalue weighted by Crippen LogP contribution is -2.14. The molecule has 0 aliphatic heterocycles. The number of carbonyl (C=O) groups is 2. The molecule has 6 nitrogen and oxygen atoms in total. The van der Waals surface area contributed by atoms with E-state index < -0.39 is 18.2 Å². The van der Waals surface area contributed by atoms with E-state index in [2.05, 4.69) is 10.4 Å². The predicted octanol–water partition coefficient (Wildman–Crippen LogP) is 2.56. The van der Waals surface area contributed by atoms with E-state index in [1.807, 2.05) is 13.8 Å². The van der Waals surface area contributed by atoms with Gasteiger partial charge in [-0.1, -0.05) is 19.9 Å². The molecule has 0 radical (unpaired) electrons. The van der Waals surface area contributed by atoms with Crippen LogP contribution in [-0.2, 0) is 18.3 Å². The van der Waals surface area contributed by atoms with Crippen molar-refractivity contribution in [3.05, 3.63) is 47.0 Å². The Morgan fingerprint density at radius 3 is 2.65 bits per heavy atom. The highest BCUT2D eigenvalue weighted by molar-refractivity contribution is 6.05. The van der Waals surface area contributed by atoms with Crippen molar-refractivity contribution in [1.82, 2.24) is 9.78 Å². The Kier molecular flexibility index (Phi) is 4.78. The SMILES string of the molecule is CC(C)c1nn(C)cc1C(=O)Nc1ccc(CC(=O)O)c(F)c1. The van der Waals surface area contributed by atoms with Gasteiger partial charge in [-0.15, -0.1) is 0 Å². The van der Waals surface area contributed by atoms with Crippen LogP contribution in [0, 0.1) is 5.82 Å². The standard InChI is InChI=1S/C16H18FN3O3/c1-9(2)15-12(8-20(3)19-15)16(23)18-11-5-4-10(6-14(21)22)13(17)7-11/h4-5,7-9H,6H2,1-3H3,(H,18,23)(H,21,22). The number of amides is 1. The first-order valence-electron chi connectivity index (χ1n) is 7.13. The van der Waals surface area contributed by atoms with Crippen molar-refractivity contribution in [3.63, 3.8) is 0 Å². The zero-order chi connectivity index (χ0) is 17.1. The van der Waals surface area contributed by atoms with Gasteiger partial charge in [0.15, 0.2) is 0 Å². The predicted molar refractivity (Wildman–Crippen MR) is 83.0 cm³/mol. The van der Waals surface area contributed by atoms with Crippen LogP contribution in [0.1, 0.15) is 41.4 Å². The number of aryl methyl sites for hydroxylation is 1. The van der Waals surface area contributed by atoms with Crippen LogP contribution in [0.2, 0.25) is 0 Å². The molecular formula is C16H18FN3O3. The number of carbonyl (C=O) groups excluding carboxylic acids is 1. The maximum Gasteiger partial charge on any atom is 0.307 e. The largest absolute Gasteiger partial charge is 0.481 e. The Morgan fingerprint density at radius 1 is 1.39 bits per heavy atom. The lowest BCUT2D eigenvalue weighted by atomic mass is 10.1. The number of hydrogen-bond acceptors (Lipinski definition) is 3. The number of aromatic nitrogens is 2. The normalized spacial score (nSPS) is 10.8. The van der Waals surface area contributed by atoms with Crippen LogP contribution in [0.25, 0.3) is 0 Å². The van der Waals surface area contributed by atoms with Crippen molar-refractivity contribution in [3.8, 4) is 0 Å². The molecule has 0 bridgehead atoms. The lowest BCUT2D eigenvalue weighted by Gasteiger charge is -2.08. The van der Waals surface area contributed by atoms with Crippen molar-refractivity contribution < 1.29 is 19.1 Å².